The molecule has 1 heterocycles. The molecule has 1 aliphatic heterocycles. The monoisotopic (exact) mass is 978 g/mol. The lowest BCUT2D eigenvalue weighted by Gasteiger charge is -2.40. The summed E-state index contributed by atoms with van der Waals surface area (Å²) in [4.78, 5) is 13.1. The minimum Gasteiger partial charge on any atom is -0.394 e. The maximum atomic E-state index is 13.1. The van der Waals surface area contributed by atoms with E-state index in [1.54, 1.807) is 0 Å². The zero-order chi connectivity index (χ0) is 50.1. The van der Waals surface area contributed by atoms with E-state index < -0.39 is 49.5 Å². The van der Waals surface area contributed by atoms with Crippen LogP contribution in [0.3, 0.4) is 0 Å². The number of ether oxygens (including phenoxy) is 2. The Kier molecular flexibility index (Phi) is 47.8. The zero-order valence-electron chi connectivity index (χ0n) is 45.3. The van der Waals surface area contributed by atoms with Crippen molar-refractivity contribution >= 4 is 5.91 Å². The van der Waals surface area contributed by atoms with E-state index in [2.05, 4.69) is 43.5 Å². The highest BCUT2D eigenvalue weighted by Gasteiger charge is 2.44. The van der Waals surface area contributed by atoms with Gasteiger partial charge in [-0.3, -0.25) is 4.79 Å². The van der Waals surface area contributed by atoms with Gasteiger partial charge in [0, 0.05) is 6.42 Å². The molecule has 1 amide bonds. The maximum absolute atomic E-state index is 13.1. The van der Waals surface area contributed by atoms with Gasteiger partial charge in [0.05, 0.1) is 25.4 Å². The van der Waals surface area contributed by atoms with E-state index in [1.165, 1.54) is 225 Å². The van der Waals surface area contributed by atoms with Crippen LogP contribution in [0, 0.1) is 0 Å². The summed E-state index contributed by atoms with van der Waals surface area (Å²) < 4.78 is 11.3. The van der Waals surface area contributed by atoms with Gasteiger partial charge in [-0.15, -0.1) is 0 Å². The van der Waals surface area contributed by atoms with Crippen molar-refractivity contribution < 1.29 is 39.8 Å². The zero-order valence-corrected chi connectivity index (χ0v) is 45.3. The minimum absolute atomic E-state index is 0.135. The van der Waals surface area contributed by atoms with Gasteiger partial charge < -0.3 is 40.3 Å². The molecular weight excluding hydrogens is 863 g/mol. The topological polar surface area (TPSA) is 149 Å². The van der Waals surface area contributed by atoms with Crippen LogP contribution in [0.15, 0.2) is 24.3 Å². The molecule has 0 aromatic heterocycles. The normalized spacial score (nSPS) is 19.6. The van der Waals surface area contributed by atoms with E-state index in [-0.39, 0.29) is 12.5 Å². The first-order valence-corrected chi connectivity index (χ1v) is 30.0. The van der Waals surface area contributed by atoms with Crippen molar-refractivity contribution in [1.29, 1.82) is 0 Å². The molecule has 1 saturated heterocycles. The number of aliphatic hydroxyl groups excluding tert-OH is 5. The molecule has 9 nitrogen and oxygen atoms in total. The van der Waals surface area contributed by atoms with Crippen LogP contribution in [0.5, 0.6) is 0 Å². The Morgan fingerprint density at radius 1 is 0.493 bits per heavy atom. The number of allylic oxidation sites excluding steroid dienone is 4. The van der Waals surface area contributed by atoms with Gasteiger partial charge in [-0.1, -0.05) is 269 Å². The highest BCUT2D eigenvalue weighted by Crippen LogP contribution is 2.23. The predicted molar refractivity (Wildman–Crippen MR) is 290 cm³/mol. The number of aliphatic hydroxyl groups is 5. The fourth-order valence-electron chi connectivity index (χ4n) is 9.78. The van der Waals surface area contributed by atoms with E-state index >= 15 is 0 Å². The van der Waals surface area contributed by atoms with Crippen LogP contribution in [0.4, 0.5) is 0 Å². The van der Waals surface area contributed by atoms with Gasteiger partial charge in [0.25, 0.3) is 0 Å². The van der Waals surface area contributed by atoms with Crippen LogP contribution >= 0.6 is 0 Å². The standard InChI is InChI=1S/C60H115NO8/c1-3-5-7-9-11-13-15-17-19-21-23-25-26-27-28-30-32-34-36-38-40-42-44-46-48-50-56(64)61-53(52-68-60-59(67)58(66)57(65)55(51-62)69-60)54(63)49-47-45-43-41-39-37-35-33-31-29-24-22-20-18-16-14-12-10-8-6-4-2/h15,17,21,23,53-55,57-60,62-63,65-67H,3-14,16,18-20,22,24-52H2,1-2H3,(H,61,64)/b17-15-,23-21-. The number of carbonyl (C=O) groups excluding carboxylic acids is 1. The Bertz CT molecular complexity index is 1130. The molecule has 9 heteroatoms. The third-order valence-electron chi connectivity index (χ3n) is 14.6. The first-order chi connectivity index (χ1) is 33.8. The molecule has 1 aliphatic rings. The second-order valence-corrected chi connectivity index (χ2v) is 21.1. The Labute approximate surface area is 426 Å². The molecule has 0 radical (unpaired) electrons. The van der Waals surface area contributed by atoms with E-state index in [4.69, 9.17) is 9.47 Å². The highest BCUT2D eigenvalue weighted by atomic mass is 16.7. The Morgan fingerprint density at radius 2 is 0.855 bits per heavy atom. The van der Waals surface area contributed by atoms with E-state index in [1.807, 2.05) is 0 Å². The van der Waals surface area contributed by atoms with E-state index in [0.29, 0.717) is 12.8 Å². The van der Waals surface area contributed by atoms with Gasteiger partial charge >= 0.3 is 0 Å². The van der Waals surface area contributed by atoms with Gasteiger partial charge in [0.15, 0.2) is 6.29 Å². The lowest BCUT2D eigenvalue weighted by molar-refractivity contribution is -0.302. The molecule has 0 aliphatic carbocycles. The largest absolute Gasteiger partial charge is 0.394 e. The van der Waals surface area contributed by atoms with Crippen molar-refractivity contribution in [2.45, 2.75) is 339 Å². The van der Waals surface area contributed by atoms with Crippen molar-refractivity contribution in [3.8, 4) is 0 Å². The Hall–Kier alpha value is -1.33. The fourth-order valence-corrected chi connectivity index (χ4v) is 9.78. The summed E-state index contributed by atoms with van der Waals surface area (Å²) in [5, 5.41) is 54.7. The summed E-state index contributed by atoms with van der Waals surface area (Å²) in [5.74, 6) is -0.141. The average Bonchev–Trinajstić information content (AvgIpc) is 3.35. The molecule has 6 N–H and O–H groups in total. The van der Waals surface area contributed by atoms with Crippen LogP contribution in [0.2, 0.25) is 0 Å². The summed E-state index contributed by atoms with van der Waals surface area (Å²) in [5.41, 5.74) is 0. The number of nitrogens with one attached hydrogen (secondary N) is 1. The molecular formula is C60H115NO8. The number of hydrogen-bond donors (Lipinski definition) is 6. The van der Waals surface area contributed by atoms with Gasteiger partial charge in [0.1, 0.15) is 24.4 Å². The summed E-state index contributed by atoms with van der Waals surface area (Å²) in [7, 11) is 0. The highest BCUT2D eigenvalue weighted by molar-refractivity contribution is 5.76. The third-order valence-corrected chi connectivity index (χ3v) is 14.6. The molecule has 1 fully saturated rings. The van der Waals surface area contributed by atoms with Crippen molar-refractivity contribution in [2.24, 2.45) is 0 Å². The van der Waals surface area contributed by atoms with Gasteiger partial charge in [0.2, 0.25) is 5.91 Å². The summed E-state index contributed by atoms with van der Waals surface area (Å²) in [6.45, 7) is 3.87. The summed E-state index contributed by atoms with van der Waals surface area (Å²) in [6.07, 6.45) is 56.3. The number of amides is 1. The molecule has 0 aromatic rings. The lowest BCUT2D eigenvalue weighted by Crippen LogP contribution is -2.60. The maximum Gasteiger partial charge on any atom is 0.220 e. The molecule has 0 spiro atoms. The smallest absolute Gasteiger partial charge is 0.220 e. The molecule has 0 aromatic carbocycles. The van der Waals surface area contributed by atoms with Crippen molar-refractivity contribution in [3.63, 3.8) is 0 Å². The average molecular weight is 979 g/mol. The lowest BCUT2D eigenvalue weighted by atomic mass is 9.99. The molecule has 408 valence electrons. The number of unbranched alkanes of at least 4 members (excludes halogenated alkanes) is 38. The molecule has 69 heavy (non-hydrogen) atoms. The molecule has 0 bridgehead atoms. The van der Waals surface area contributed by atoms with Gasteiger partial charge in [-0.25, -0.2) is 0 Å². The van der Waals surface area contributed by atoms with Crippen molar-refractivity contribution in [1.82, 2.24) is 5.32 Å². The van der Waals surface area contributed by atoms with Crippen LogP contribution in [-0.4, -0.2) is 87.5 Å². The SMILES string of the molecule is CCCCCCC/C=C\C/C=C\CCCCCCCCCCCCCCCC(=O)NC(COC1OC(CO)C(O)C(O)C1O)C(O)CCCCCCCCCCCCCCCCCCCCCCC. The minimum atomic E-state index is -1.55. The van der Waals surface area contributed by atoms with E-state index in [9.17, 15) is 30.3 Å². The van der Waals surface area contributed by atoms with Crippen LogP contribution in [0.25, 0.3) is 0 Å². The molecule has 1 rings (SSSR count). The number of carbonyl (C=O) groups is 1. The van der Waals surface area contributed by atoms with Gasteiger partial charge in [-0.05, 0) is 44.9 Å². The third kappa shape index (κ3) is 39.8. The number of rotatable bonds is 52. The second kappa shape index (κ2) is 50.2. The van der Waals surface area contributed by atoms with Crippen LogP contribution < -0.4 is 5.32 Å². The van der Waals surface area contributed by atoms with Crippen molar-refractivity contribution in [3.05, 3.63) is 24.3 Å². The fraction of sp³-hybridized carbons (Fsp3) is 0.917. The first-order valence-electron chi connectivity index (χ1n) is 30.0. The molecule has 7 unspecified atom stereocenters. The Balaban J connectivity index is 2.18. The molecule has 7 atom stereocenters. The van der Waals surface area contributed by atoms with Crippen molar-refractivity contribution in [2.75, 3.05) is 13.2 Å². The molecule has 0 saturated carbocycles. The van der Waals surface area contributed by atoms with Crippen LogP contribution in [-0.2, 0) is 14.3 Å². The van der Waals surface area contributed by atoms with E-state index in [0.717, 1.165) is 44.9 Å². The quantitative estimate of drug-likeness (QED) is 0.0261. The summed E-state index contributed by atoms with van der Waals surface area (Å²) >= 11 is 0. The second-order valence-electron chi connectivity index (χ2n) is 21.1. The summed E-state index contributed by atoms with van der Waals surface area (Å²) in [6, 6.07) is -0.718. The van der Waals surface area contributed by atoms with Crippen LogP contribution in [0.1, 0.15) is 296 Å². The Morgan fingerprint density at radius 3 is 1.25 bits per heavy atom. The number of hydrogen-bond acceptors (Lipinski definition) is 8. The predicted octanol–water partition coefficient (Wildman–Crippen LogP) is 15.0. The first kappa shape index (κ1) is 65.7. The van der Waals surface area contributed by atoms with Gasteiger partial charge in [-0.2, -0.15) is 0 Å².